The Morgan fingerprint density at radius 2 is 2.00 bits per heavy atom. The van der Waals surface area contributed by atoms with E-state index in [-0.39, 0.29) is 0 Å². The Bertz CT molecular complexity index is 646. The summed E-state index contributed by atoms with van der Waals surface area (Å²) in [5.41, 5.74) is 1.26. The van der Waals surface area contributed by atoms with Crippen molar-refractivity contribution in [3.63, 3.8) is 0 Å². The predicted molar refractivity (Wildman–Crippen MR) is 85.5 cm³/mol. The third-order valence-electron chi connectivity index (χ3n) is 2.51. The largest absolute Gasteiger partial charge is 0.373 e. The van der Waals surface area contributed by atoms with Gasteiger partial charge in [-0.25, -0.2) is 9.97 Å². The first-order chi connectivity index (χ1) is 9.66. The molecule has 2 N–H and O–H groups in total. The van der Waals surface area contributed by atoms with Gasteiger partial charge in [-0.15, -0.1) is 0 Å². The van der Waals surface area contributed by atoms with Crippen LogP contribution in [0.5, 0.6) is 0 Å². The molecule has 1 aromatic carbocycles. The van der Waals surface area contributed by atoms with E-state index in [0.717, 1.165) is 10.3 Å². The number of nitrogens with zero attached hydrogens (tertiary/aromatic N) is 3. The third kappa shape index (κ3) is 3.40. The summed E-state index contributed by atoms with van der Waals surface area (Å²) < 4.78 is 0.864. The van der Waals surface area contributed by atoms with Gasteiger partial charge in [-0.3, -0.25) is 0 Å². The number of hydrogen-bond acceptors (Lipinski definition) is 6. The Balaban J connectivity index is 2.37. The van der Waals surface area contributed by atoms with Gasteiger partial charge in [0.05, 0.1) is 11.3 Å². The molecule has 0 bridgehead atoms. The fourth-order valence-electron chi connectivity index (χ4n) is 1.56. The van der Waals surface area contributed by atoms with Crippen LogP contribution in [0.15, 0.2) is 33.9 Å². The standard InChI is InChI=1S/C13H12BrN5S/c1-16-11-6-12(19-13(18-11)20-2)17-10-4-3-9(14)5-8(10)7-15/h3-6H,1-2H3,(H2,16,17,18,19). The Hall–Kier alpha value is -1.78. The number of aromatic nitrogens is 2. The van der Waals surface area contributed by atoms with Gasteiger partial charge in [0.2, 0.25) is 0 Å². The van der Waals surface area contributed by atoms with Crippen molar-refractivity contribution in [2.24, 2.45) is 0 Å². The molecule has 1 aromatic heterocycles. The monoisotopic (exact) mass is 349 g/mol. The first kappa shape index (κ1) is 14.6. The van der Waals surface area contributed by atoms with Crippen LogP contribution >= 0.6 is 27.7 Å². The summed E-state index contributed by atoms with van der Waals surface area (Å²) in [5, 5.41) is 16.0. The van der Waals surface area contributed by atoms with E-state index in [1.165, 1.54) is 11.8 Å². The summed E-state index contributed by atoms with van der Waals surface area (Å²) in [7, 11) is 1.80. The molecule has 0 aliphatic carbocycles. The summed E-state index contributed by atoms with van der Waals surface area (Å²) in [6.45, 7) is 0. The number of rotatable bonds is 4. The summed E-state index contributed by atoms with van der Waals surface area (Å²) in [4.78, 5) is 8.67. The second-order valence-electron chi connectivity index (χ2n) is 3.80. The highest BCUT2D eigenvalue weighted by Crippen LogP contribution is 2.25. The molecule has 0 saturated heterocycles. The fourth-order valence-corrected chi connectivity index (χ4v) is 2.30. The quantitative estimate of drug-likeness (QED) is 0.648. The van der Waals surface area contributed by atoms with Gasteiger partial charge in [0.15, 0.2) is 5.16 Å². The molecule has 0 fully saturated rings. The normalized spacial score (nSPS) is 9.90. The molecular weight excluding hydrogens is 338 g/mol. The van der Waals surface area contributed by atoms with Crippen molar-refractivity contribution in [3.05, 3.63) is 34.3 Å². The van der Waals surface area contributed by atoms with Gasteiger partial charge in [0.25, 0.3) is 0 Å². The molecule has 20 heavy (non-hydrogen) atoms. The molecule has 0 radical (unpaired) electrons. The van der Waals surface area contributed by atoms with Crippen LogP contribution in [0.1, 0.15) is 5.56 Å². The van der Waals surface area contributed by atoms with E-state index in [1.54, 1.807) is 19.2 Å². The second kappa shape index (κ2) is 6.59. The molecule has 2 aromatic rings. The van der Waals surface area contributed by atoms with Crippen LogP contribution < -0.4 is 10.6 Å². The van der Waals surface area contributed by atoms with Gasteiger partial charge >= 0.3 is 0 Å². The summed E-state index contributed by atoms with van der Waals surface area (Å²) in [6.07, 6.45) is 1.92. The third-order valence-corrected chi connectivity index (χ3v) is 3.55. The van der Waals surface area contributed by atoms with E-state index in [2.05, 4.69) is 42.6 Å². The lowest BCUT2D eigenvalue weighted by atomic mass is 10.2. The lowest BCUT2D eigenvalue weighted by Crippen LogP contribution is -2.01. The average molecular weight is 350 g/mol. The van der Waals surface area contributed by atoms with Crippen molar-refractivity contribution in [2.45, 2.75) is 5.16 Å². The minimum Gasteiger partial charge on any atom is -0.373 e. The number of benzene rings is 1. The molecule has 1 heterocycles. The molecule has 2 rings (SSSR count). The van der Waals surface area contributed by atoms with Crippen molar-refractivity contribution in [1.82, 2.24) is 9.97 Å². The smallest absolute Gasteiger partial charge is 0.191 e. The Morgan fingerprint density at radius 3 is 2.65 bits per heavy atom. The Kier molecular flexibility index (Phi) is 4.82. The minimum absolute atomic E-state index is 0.551. The maximum Gasteiger partial charge on any atom is 0.191 e. The number of nitrogens with one attached hydrogen (secondary N) is 2. The molecule has 0 spiro atoms. The number of nitriles is 1. The predicted octanol–water partition coefficient (Wildman–Crippen LogP) is 3.62. The Labute approximate surface area is 130 Å². The topological polar surface area (TPSA) is 73.6 Å². The maximum atomic E-state index is 9.16. The molecule has 102 valence electrons. The molecule has 0 aliphatic heterocycles. The summed E-state index contributed by atoms with van der Waals surface area (Å²) >= 11 is 4.81. The zero-order valence-electron chi connectivity index (χ0n) is 10.9. The fraction of sp³-hybridized carbons (Fsp3) is 0.154. The van der Waals surface area contributed by atoms with Crippen LogP contribution in [0.4, 0.5) is 17.3 Å². The minimum atomic E-state index is 0.551. The van der Waals surface area contributed by atoms with Crippen LogP contribution in [-0.4, -0.2) is 23.3 Å². The van der Waals surface area contributed by atoms with Gasteiger partial charge < -0.3 is 10.6 Å². The van der Waals surface area contributed by atoms with E-state index in [4.69, 9.17) is 5.26 Å². The highest BCUT2D eigenvalue weighted by atomic mass is 79.9. The Morgan fingerprint density at radius 1 is 1.25 bits per heavy atom. The van der Waals surface area contributed by atoms with Gasteiger partial charge in [0.1, 0.15) is 17.7 Å². The number of hydrogen-bond donors (Lipinski definition) is 2. The summed E-state index contributed by atoms with van der Waals surface area (Å²) in [6, 6.07) is 9.42. The van der Waals surface area contributed by atoms with E-state index in [9.17, 15) is 0 Å². The zero-order chi connectivity index (χ0) is 14.5. The molecule has 0 atom stereocenters. The number of halogens is 1. The zero-order valence-corrected chi connectivity index (χ0v) is 13.3. The van der Waals surface area contributed by atoms with E-state index in [1.807, 2.05) is 18.4 Å². The van der Waals surface area contributed by atoms with Gasteiger partial charge in [-0.1, -0.05) is 27.7 Å². The van der Waals surface area contributed by atoms with Crippen molar-refractivity contribution in [2.75, 3.05) is 23.9 Å². The average Bonchev–Trinajstić information content (AvgIpc) is 2.48. The van der Waals surface area contributed by atoms with Gasteiger partial charge in [0, 0.05) is 17.6 Å². The van der Waals surface area contributed by atoms with Crippen LogP contribution in [0.25, 0.3) is 0 Å². The molecule has 0 unspecified atom stereocenters. The van der Waals surface area contributed by atoms with E-state index >= 15 is 0 Å². The number of thioether (sulfide) groups is 1. The van der Waals surface area contributed by atoms with Crippen molar-refractivity contribution in [3.8, 4) is 6.07 Å². The molecular formula is C13H12BrN5S. The van der Waals surface area contributed by atoms with Crippen LogP contribution in [0.2, 0.25) is 0 Å². The molecule has 7 heteroatoms. The van der Waals surface area contributed by atoms with Crippen molar-refractivity contribution >= 4 is 45.0 Å². The molecule has 0 saturated carbocycles. The van der Waals surface area contributed by atoms with Crippen molar-refractivity contribution in [1.29, 1.82) is 5.26 Å². The van der Waals surface area contributed by atoms with E-state index in [0.29, 0.717) is 22.2 Å². The SMILES string of the molecule is CNc1cc(Nc2ccc(Br)cc2C#N)nc(SC)n1. The van der Waals surface area contributed by atoms with E-state index < -0.39 is 0 Å². The number of anilines is 3. The second-order valence-corrected chi connectivity index (χ2v) is 5.49. The van der Waals surface area contributed by atoms with Crippen molar-refractivity contribution < 1.29 is 0 Å². The molecule has 0 aliphatic rings. The highest BCUT2D eigenvalue weighted by Gasteiger charge is 2.07. The highest BCUT2D eigenvalue weighted by molar-refractivity contribution is 9.10. The molecule has 5 nitrogen and oxygen atoms in total. The van der Waals surface area contributed by atoms with Crippen LogP contribution in [0.3, 0.4) is 0 Å². The summed E-state index contributed by atoms with van der Waals surface area (Å²) in [5.74, 6) is 1.37. The lowest BCUT2D eigenvalue weighted by Gasteiger charge is -2.10. The van der Waals surface area contributed by atoms with Crippen LogP contribution in [0, 0.1) is 11.3 Å². The first-order valence-electron chi connectivity index (χ1n) is 5.73. The van der Waals surface area contributed by atoms with Gasteiger partial charge in [-0.2, -0.15) is 5.26 Å². The van der Waals surface area contributed by atoms with Crippen LogP contribution in [-0.2, 0) is 0 Å². The maximum absolute atomic E-state index is 9.16. The first-order valence-corrected chi connectivity index (χ1v) is 7.75. The molecule has 0 amide bonds. The lowest BCUT2D eigenvalue weighted by molar-refractivity contribution is 0.977. The van der Waals surface area contributed by atoms with Gasteiger partial charge in [-0.05, 0) is 24.5 Å².